The summed E-state index contributed by atoms with van der Waals surface area (Å²) in [6.07, 6.45) is 26.9. The molecule has 0 saturated heterocycles. The molecule has 0 aromatic heterocycles. The predicted molar refractivity (Wildman–Crippen MR) is 92.9 cm³/mol. The Bertz CT molecular complexity index is 202. The molecule has 1 radical (unpaired) electrons. The average molecular weight is 278 g/mol. The number of unbranched alkanes of at least 4 members (excludes halogenated alkanes) is 14. The summed E-state index contributed by atoms with van der Waals surface area (Å²) in [6, 6.07) is 0. The maximum atomic E-state index is 5.28. The van der Waals surface area contributed by atoms with E-state index in [1.54, 1.807) is 6.08 Å². The first-order valence-electron chi connectivity index (χ1n) is 9.12. The van der Waals surface area contributed by atoms with Gasteiger partial charge in [0.05, 0.1) is 0 Å². The fourth-order valence-electron chi connectivity index (χ4n) is 2.63. The molecule has 0 aromatic carbocycles. The molecule has 0 bridgehead atoms. The van der Waals surface area contributed by atoms with Crippen LogP contribution in [-0.4, -0.2) is 0 Å². The Morgan fingerprint density at radius 3 is 1.40 bits per heavy atom. The van der Waals surface area contributed by atoms with Crippen LogP contribution in [0.3, 0.4) is 0 Å². The Morgan fingerprint density at radius 1 is 0.600 bits per heavy atom. The second kappa shape index (κ2) is 18.5. The van der Waals surface area contributed by atoms with E-state index in [9.17, 15) is 0 Å². The summed E-state index contributed by atoms with van der Waals surface area (Å²) >= 11 is 0. The van der Waals surface area contributed by atoms with Crippen LogP contribution < -0.4 is 0 Å². The molecule has 0 N–H and O–H groups in total. The molecule has 0 nitrogen and oxygen atoms in total. The number of rotatable bonds is 16. The summed E-state index contributed by atoms with van der Waals surface area (Å²) in [4.78, 5) is 0. The van der Waals surface area contributed by atoms with Crippen molar-refractivity contribution < 1.29 is 0 Å². The molecule has 20 heavy (non-hydrogen) atoms. The van der Waals surface area contributed by atoms with E-state index in [0.717, 1.165) is 0 Å². The van der Waals surface area contributed by atoms with Crippen molar-refractivity contribution in [1.29, 1.82) is 0 Å². The Kier molecular flexibility index (Phi) is 18.0. The monoisotopic (exact) mass is 277 g/mol. The summed E-state index contributed by atoms with van der Waals surface area (Å²) in [6.45, 7) is 7.56. The minimum atomic E-state index is 1.19. The van der Waals surface area contributed by atoms with Gasteiger partial charge in [0.15, 0.2) is 0 Å². The predicted octanol–water partition coefficient (Wildman–Crippen LogP) is 7.40. The van der Waals surface area contributed by atoms with Crippen molar-refractivity contribution in [3.63, 3.8) is 0 Å². The summed E-state index contributed by atoms with van der Waals surface area (Å²) in [5, 5.41) is 0. The lowest BCUT2D eigenvalue weighted by Crippen LogP contribution is -1.83. The van der Waals surface area contributed by atoms with Crippen molar-refractivity contribution in [2.45, 2.75) is 103 Å². The average Bonchev–Trinajstić information content (AvgIpc) is 2.47. The van der Waals surface area contributed by atoms with Crippen LogP contribution in [0.5, 0.6) is 0 Å². The van der Waals surface area contributed by atoms with Gasteiger partial charge < -0.3 is 0 Å². The highest BCUT2D eigenvalue weighted by Crippen LogP contribution is 2.13. The van der Waals surface area contributed by atoms with Gasteiger partial charge in [-0.1, -0.05) is 115 Å². The van der Waals surface area contributed by atoms with E-state index < -0.39 is 0 Å². The van der Waals surface area contributed by atoms with Gasteiger partial charge >= 0.3 is 0 Å². The van der Waals surface area contributed by atoms with Crippen molar-refractivity contribution >= 4 is 0 Å². The largest absolute Gasteiger partial charge is 0.0845 e. The van der Waals surface area contributed by atoms with Gasteiger partial charge in [-0.3, -0.25) is 0 Å². The lowest BCUT2D eigenvalue weighted by atomic mass is 10.0. The van der Waals surface area contributed by atoms with E-state index in [1.165, 1.54) is 96.3 Å². The van der Waals surface area contributed by atoms with Crippen LogP contribution in [0.2, 0.25) is 0 Å². The van der Waals surface area contributed by atoms with Crippen molar-refractivity contribution in [2.24, 2.45) is 0 Å². The maximum absolute atomic E-state index is 5.28. The number of hydrogen-bond acceptors (Lipinski definition) is 0. The molecule has 0 saturated carbocycles. The Morgan fingerprint density at radius 2 is 1.00 bits per heavy atom. The van der Waals surface area contributed by atoms with Crippen LogP contribution in [0, 0.1) is 6.58 Å². The number of hydrogen-bond donors (Lipinski definition) is 0. The SMILES string of the molecule is [CH]=CC=CCCCCCCCCCCCCCCCC. The first-order chi connectivity index (χ1) is 9.91. The van der Waals surface area contributed by atoms with Gasteiger partial charge in [0.25, 0.3) is 0 Å². The molecule has 0 heterocycles. The summed E-state index contributed by atoms with van der Waals surface area (Å²) in [5.41, 5.74) is 0. The lowest BCUT2D eigenvalue weighted by Gasteiger charge is -2.02. The Hall–Kier alpha value is -0.520. The highest BCUT2D eigenvalue weighted by atomic mass is 14.0. The van der Waals surface area contributed by atoms with E-state index in [-0.39, 0.29) is 0 Å². The molecular weight excluding hydrogens is 240 g/mol. The van der Waals surface area contributed by atoms with Crippen LogP contribution in [0.25, 0.3) is 0 Å². The molecule has 0 aliphatic carbocycles. The molecule has 0 aromatic rings. The third-order valence-electron chi connectivity index (χ3n) is 3.97. The van der Waals surface area contributed by atoms with Crippen molar-refractivity contribution in [3.8, 4) is 0 Å². The minimum absolute atomic E-state index is 1.19. The molecule has 0 amide bonds. The van der Waals surface area contributed by atoms with Gasteiger partial charge in [0, 0.05) is 0 Å². The van der Waals surface area contributed by atoms with E-state index >= 15 is 0 Å². The lowest BCUT2D eigenvalue weighted by molar-refractivity contribution is 0.536. The first kappa shape index (κ1) is 19.5. The standard InChI is InChI=1S/C20H37/c1-3-5-7-9-11-13-15-17-19-20-18-16-14-12-10-8-6-4-2/h1,3,5,7H,4,6,8-20H2,2H3. The molecule has 0 unspecified atom stereocenters. The molecule has 0 atom stereocenters. The molecule has 117 valence electrons. The van der Waals surface area contributed by atoms with Crippen LogP contribution in [0.4, 0.5) is 0 Å². The highest BCUT2D eigenvalue weighted by Gasteiger charge is 1.93. The number of allylic oxidation sites excluding steroid dienone is 3. The maximum Gasteiger partial charge on any atom is -0.0348 e. The minimum Gasteiger partial charge on any atom is -0.0845 e. The van der Waals surface area contributed by atoms with Gasteiger partial charge in [0.1, 0.15) is 0 Å². The van der Waals surface area contributed by atoms with Crippen molar-refractivity contribution in [1.82, 2.24) is 0 Å². The summed E-state index contributed by atoms with van der Waals surface area (Å²) in [7, 11) is 0. The highest BCUT2D eigenvalue weighted by molar-refractivity contribution is 4.95. The van der Waals surface area contributed by atoms with Crippen molar-refractivity contribution in [3.05, 3.63) is 24.8 Å². The van der Waals surface area contributed by atoms with E-state index in [0.29, 0.717) is 0 Å². The van der Waals surface area contributed by atoms with Gasteiger partial charge in [0.2, 0.25) is 0 Å². The van der Waals surface area contributed by atoms with Crippen LogP contribution in [0.15, 0.2) is 18.2 Å². The summed E-state index contributed by atoms with van der Waals surface area (Å²) < 4.78 is 0. The zero-order chi connectivity index (χ0) is 14.7. The molecule has 0 fully saturated rings. The van der Waals surface area contributed by atoms with Crippen LogP contribution in [-0.2, 0) is 0 Å². The molecule has 0 aliphatic heterocycles. The third kappa shape index (κ3) is 17.5. The van der Waals surface area contributed by atoms with Crippen LogP contribution >= 0.6 is 0 Å². The quantitative estimate of drug-likeness (QED) is 0.203. The second-order valence-corrected chi connectivity index (χ2v) is 6.01. The van der Waals surface area contributed by atoms with Gasteiger partial charge in [-0.15, -0.1) is 0 Å². The van der Waals surface area contributed by atoms with E-state index in [4.69, 9.17) is 6.58 Å². The molecular formula is C20H37. The topological polar surface area (TPSA) is 0 Å². The van der Waals surface area contributed by atoms with Crippen LogP contribution in [0.1, 0.15) is 103 Å². The molecule has 0 spiro atoms. The van der Waals surface area contributed by atoms with Gasteiger partial charge in [-0.25, -0.2) is 0 Å². The Labute approximate surface area is 128 Å². The van der Waals surface area contributed by atoms with Gasteiger partial charge in [-0.2, -0.15) is 0 Å². The fraction of sp³-hybridized carbons (Fsp3) is 0.800. The second-order valence-electron chi connectivity index (χ2n) is 6.01. The van der Waals surface area contributed by atoms with Gasteiger partial charge in [-0.05, 0) is 12.8 Å². The third-order valence-corrected chi connectivity index (χ3v) is 3.97. The van der Waals surface area contributed by atoms with E-state index in [2.05, 4.69) is 13.0 Å². The van der Waals surface area contributed by atoms with Crippen molar-refractivity contribution in [2.75, 3.05) is 0 Å². The fourth-order valence-corrected chi connectivity index (χ4v) is 2.63. The molecule has 0 heteroatoms. The zero-order valence-electron chi connectivity index (χ0n) is 13.9. The molecule has 0 rings (SSSR count). The normalized spacial score (nSPS) is 11.2. The summed E-state index contributed by atoms with van der Waals surface area (Å²) in [5.74, 6) is 0. The van der Waals surface area contributed by atoms with E-state index in [1.807, 2.05) is 6.08 Å². The first-order valence-corrected chi connectivity index (χ1v) is 9.12. The zero-order valence-corrected chi connectivity index (χ0v) is 13.9. The Balaban J connectivity index is 2.95. The smallest absolute Gasteiger partial charge is 0.0348 e. The molecule has 0 aliphatic rings.